The largest absolute Gasteiger partial charge is 0.352 e. The van der Waals surface area contributed by atoms with Crippen molar-refractivity contribution < 1.29 is 9.59 Å². The number of halogens is 2. The number of benzene rings is 1. The van der Waals surface area contributed by atoms with E-state index in [-0.39, 0.29) is 29.4 Å². The third-order valence-electron chi connectivity index (χ3n) is 6.20. The summed E-state index contributed by atoms with van der Waals surface area (Å²) in [7, 11) is 0. The lowest BCUT2D eigenvalue weighted by atomic mass is 10.1. The molecule has 1 aliphatic heterocycles. The van der Waals surface area contributed by atoms with Gasteiger partial charge in [-0.1, -0.05) is 35.3 Å². The number of nitrogens with zero attached hydrogens (tertiary/aromatic N) is 7. The molecule has 1 atom stereocenters. The molecule has 38 heavy (non-hydrogen) atoms. The third kappa shape index (κ3) is 6.09. The Morgan fingerprint density at radius 1 is 1.03 bits per heavy atom. The summed E-state index contributed by atoms with van der Waals surface area (Å²) in [6, 6.07) is 12.1. The van der Waals surface area contributed by atoms with Gasteiger partial charge in [-0.25, -0.2) is 9.97 Å². The van der Waals surface area contributed by atoms with Gasteiger partial charge in [0.1, 0.15) is 17.3 Å². The first-order valence-electron chi connectivity index (χ1n) is 12.0. The van der Waals surface area contributed by atoms with Gasteiger partial charge in [-0.15, -0.1) is 0 Å². The van der Waals surface area contributed by atoms with E-state index in [2.05, 4.69) is 25.3 Å². The van der Waals surface area contributed by atoms with Crippen molar-refractivity contribution in [2.75, 3.05) is 24.5 Å². The maximum atomic E-state index is 13.2. The summed E-state index contributed by atoms with van der Waals surface area (Å²) in [6.07, 6.45) is 8.25. The molecule has 4 heterocycles. The quantitative estimate of drug-likeness (QED) is 0.351. The van der Waals surface area contributed by atoms with Crippen LogP contribution < -0.4 is 10.2 Å². The molecule has 1 aliphatic rings. The first-order chi connectivity index (χ1) is 18.5. The highest BCUT2D eigenvalue weighted by atomic mass is 35.5. The minimum Gasteiger partial charge on any atom is -0.352 e. The van der Waals surface area contributed by atoms with Gasteiger partial charge in [0.25, 0.3) is 5.91 Å². The molecule has 1 N–H and O–H groups in total. The zero-order valence-corrected chi connectivity index (χ0v) is 21.8. The van der Waals surface area contributed by atoms with E-state index in [1.54, 1.807) is 70.9 Å². The first-order valence-corrected chi connectivity index (χ1v) is 12.7. The molecule has 1 aromatic carbocycles. The summed E-state index contributed by atoms with van der Waals surface area (Å²) in [5.41, 5.74) is 1.43. The van der Waals surface area contributed by atoms with Crippen molar-refractivity contribution in [2.45, 2.75) is 19.0 Å². The minimum atomic E-state index is -0.351. The van der Waals surface area contributed by atoms with Gasteiger partial charge in [0, 0.05) is 68.5 Å². The van der Waals surface area contributed by atoms with Crippen molar-refractivity contribution in [1.29, 1.82) is 0 Å². The Morgan fingerprint density at radius 2 is 1.87 bits per heavy atom. The molecule has 0 spiro atoms. The van der Waals surface area contributed by atoms with Gasteiger partial charge in [-0.2, -0.15) is 4.98 Å². The van der Waals surface area contributed by atoms with Crippen LogP contribution in [0.15, 0.2) is 73.6 Å². The highest BCUT2D eigenvalue weighted by Gasteiger charge is 2.33. The molecule has 0 aliphatic carbocycles. The number of carbonyl (C=O) groups is 2. The maximum Gasteiger partial charge on any atom is 0.255 e. The van der Waals surface area contributed by atoms with Crippen LogP contribution in [0.2, 0.25) is 10.2 Å². The number of hydrogen-bond acceptors (Lipinski definition) is 7. The molecule has 10 nitrogen and oxygen atoms in total. The summed E-state index contributed by atoms with van der Waals surface area (Å²) in [6.45, 7) is 1.59. The van der Waals surface area contributed by atoms with Gasteiger partial charge in [-0.05, 0) is 29.8 Å². The monoisotopic (exact) mass is 550 g/mol. The van der Waals surface area contributed by atoms with E-state index < -0.39 is 0 Å². The van der Waals surface area contributed by atoms with Crippen molar-refractivity contribution in [3.05, 3.63) is 94.9 Å². The lowest BCUT2D eigenvalue weighted by Crippen LogP contribution is -2.56. The topological polar surface area (TPSA) is 109 Å². The van der Waals surface area contributed by atoms with E-state index in [9.17, 15) is 9.59 Å². The van der Waals surface area contributed by atoms with Crippen LogP contribution in [0.25, 0.3) is 5.95 Å². The Balaban J connectivity index is 1.37. The number of imidazole rings is 1. The molecule has 12 heteroatoms. The lowest BCUT2D eigenvalue weighted by molar-refractivity contribution is -0.121. The molecular weight excluding hydrogens is 527 g/mol. The fourth-order valence-corrected chi connectivity index (χ4v) is 4.61. The Morgan fingerprint density at radius 3 is 2.61 bits per heavy atom. The SMILES string of the molecule is O=C(CC1CN(C(=O)c2cccnc2)CCN1c1cc(Cl)nc(-n2ccnc2)n1)NCc1ccc(Cl)cc1. The number of amides is 2. The molecule has 4 aromatic rings. The zero-order valence-electron chi connectivity index (χ0n) is 20.2. The molecule has 5 rings (SSSR count). The minimum absolute atomic E-state index is 0.135. The van der Waals surface area contributed by atoms with E-state index in [1.807, 2.05) is 17.0 Å². The van der Waals surface area contributed by atoms with Crippen LogP contribution in [0.4, 0.5) is 5.82 Å². The predicted molar refractivity (Wildman–Crippen MR) is 143 cm³/mol. The number of aromatic nitrogens is 5. The second kappa shape index (κ2) is 11.6. The van der Waals surface area contributed by atoms with Gasteiger partial charge in [0.05, 0.1) is 11.6 Å². The van der Waals surface area contributed by atoms with Crippen molar-refractivity contribution >= 4 is 40.8 Å². The van der Waals surface area contributed by atoms with Crippen molar-refractivity contribution in [3.8, 4) is 5.95 Å². The van der Waals surface area contributed by atoms with Crippen LogP contribution in [0.1, 0.15) is 22.3 Å². The molecule has 0 saturated carbocycles. The van der Waals surface area contributed by atoms with Crippen LogP contribution in [0, 0.1) is 0 Å². The van der Waals surface area contributed by atoms with Crippen molar-refractivity contribution in [2.24, 2.45) is 0 Å². The van der Waals surface area contributed by atoms with Gasteiger partial charge in [-0.3, -0.25) is 19.1 Å². The van der Waals surface area contributed by atoms with Crippen LogP contribution >= 0.6 is 23.2 Å². The molecule has 2 amide bonds. The molecule has 1 unspecified atom stereocenters. The van der Waals surface area contributed by atoms with Gasteiger partial charge < -0.3 is 15.1 Å². The van der Waals surface area contributed by atoms with E-state index in [4.69, 9.17) is 23.2 Å². The standard InChI is InChI=1S/C26H24Cl2N8O2/c27-20-5-3-18(4-6-20)14-31-24(37)12-21-16-34(25(38)19-2-1-7-29-15-19)10-11-36(21)23-13-22(28)32-26(33-23)35-9-8-30-17-35/h1-9,13,15,17,21H,10-12,14,16H2,(H,31,37). The second-order valence-electron chi connectivity index (χ2n) is 8.77. The Labute approximate surface area is 229 Å². The molecular formula is C26H24Cl2N8O2. The molecule has 0 radical (unpaired) electrons. The lowest BCUT2D eigenvalue weighted by Gasteiger charge is -2.42. The average Bonchev–Trinajstić information content (AvgIpc) is 3.48. The van der Waals surface area contributed by atoms with Crippen molar-refractivity contribution in [3.63, 3.8) is 0 Å². The van der Waals surface area contributed by atoms with Gasteiger partial charge >= 0.3 is 0 Å². The Bertz CT molecular complexity index is 1400. The smallest absolute Gasteiger partial charge is 0.255 e. The van der Waals surface area contributed by atoms with Gasteiger partial charge in [0.2, 0.25) is 11.9 Å². The summed E-state index contributed by atoms with van der Waals surface area (Å²) in [5, 5.41) is 3.86. The van der Waals surface area contributed by atoms with E-state index in [0.29, 0.717) is 48.5 Å². The summed E-state index contributed by atoms with van der Waals surface area (Å²) in [5.74, 6) is 0.646. The van der Waals surface area contributed by atoms with Crippen LogP contribution in [0.5, 0.6) is 0 Å². The first kappa shape index (κ1) is 25.6. The van der Waals surface area contributed by atoms with Crippen molar-refractivity contribution in [1.82, 2.24) is 34.7 Å². The number of piperazine rings is 1. The van der Waals surface area contributed by atoms with E-state index in [1.165, 1.54) is 0 Å². The number of hydrogen-bond donors (Lipinski definition) is 1. The summed E-state index contributed by atoms with van der Waals surface area (Å²) in [4.78, 5) is 47.1. The highest BCUT2D eigenvalue weighted by Crippen LogP contribution is 2.25. The van der Waals surface area contributed by atoms with Crippen LogP contribution in [-0.2, 0) is 11.3 Å². The van der Waals surface area contributed by atoms with Gasteiger partial charge in [0.15, 0.2) is 0 Å². The fourth-order valence-electron chi connectivity index (χ4n) is 4.31. The Kier molecular flexibility index (Phi) is 7.81. The van der Waals surface area contributed by atoms with E-state index >= 15 is 0 Å². The number of rotatable bonds is 7. The molecule has 0 bridgehead atoms. The highest BCUT2D eigenvalue weighted by molar-refractivity contribution is 6.30. The predicted octanol–water partition coefficient (Wildman–Crippen LogP) is 3.40. The average molecular weight is 551 g/mol. The molecule has 194 valence electrons. The van der Waals surface area contributed by atoms with Crippen LogP contribution in [0.3, 0.4) is 0 Å². The Hall–Kier alpha value is -4.02. The number of carbonyl (C=O) groups excluding carboxylic acids is 2. The third-order valence-corrected chi connectivity index (χ3v) is 6.65. The maximum absolute atomic E-state index is 13.2. The molecule has 3 aromatic heterocycles. The second-order valence-corrected chi connectivity index (χ2v) is 9.59. The van der Waals surface area contributed by atoms with E-state index in [0.717, 1.165) is 5.56 Å². The molecule has 1 fully saturated rings. The normalized spacial score (nSPS) is 15.4. The molecule has 1 saturated heterocycles. The number of anilines is 1. The summed E-state index contributed by atoms with van der Waals surface area (Å²) >= 11 is 12.3. The number of pyridine rings is 1. The summed E-state index contributed by atoms with van der Waals surface area (Å²) < 4.78 is 1.66. The fraction of sp³-hybridized carbons (Fsp3) is 0.231. The zero-order chi connectivity index (χ0) is 26.5. The number of nitrogens with one attached hydrogen (secondary N) is 1. The van der Waals surface area contributed by atoms with Crippen LogP contribution in [-0.4, -0.2) is 66.9 Å².